The van der Waals surface area contributed by atoms with Crippen molar-refractivity contribution in [1.82, 2.24) is 10.2 Å². The van der Waals surface area contributed by atoms with Gasteiger partial charge in [0, 0.05) is 6.04 Å². The first kappa shape index (κ1) is 14.4. The van der Waals surface area contributed by atoms with Gasteiger partial charge in [0.1, 0.15) is 12.1 Å². The average molecular weight is 266 g/mol. The number of carbonyl (C=O) groups excluding carboxylic acids is 2. The molecule has 19 heavy (non-hydrogen) atoms. The average Bonchev–Trinajstić information content (AvgIpc) is 3.16. The summed E-state index contributed by atoms with van der Waals surface area (Å²) in [7, 11) is 0. The third kappa shape index (κ3) is 2.77. The molecule has 0 aromatic rings. The van der Waals surface area contributed by atoms with E-state index in [0.29, 0.717) is 5.92 Å². The molecule has 108 valence electrons. The quantitative estimate of drug-likeness (QED) is 0.826. The normalized spacial score (nSPS) is 29.6. The fourth-order valence-electron chi connectivity index (χ4n) is 3.13. The van der Waals surface area contributed by atoms with Crippen LogP contribution in [0, 0.1) is 11.8 Å². The highest BCUT2D eigenvalue weighted by atomic mass is 16.2. The van der Waals surface area contributed by atoms with Crippen molar-refractivity contribution in [1.29, 1.82) is 0 Å². The van der Waals surface area contributed by atoms with Gasteiger partial charge >= 0.3 is 0 Å². The summed E-state index contributed by atoms with van der Waals surface area (Å²) in [5.74, 6) is 0.909. The van der Waals surface area contributed by atoms with Gasteiger partial charge in [-0.2, -0.15) is 0 Å². The van der Waals surface area contributed by atoms with E-state index in [1.165, 1.54) is 12.8 Å². The standard InChI is InChI=1S/C15H26N2O2/c1-5-6-12-15(19)17(10(4)11-7-8-11)13(9(2)3)14(18)16-12/h9-13H,5-8H2,1-4H3,(H,16,18). The Bertz CT molecular complexity index is 363. The van der Waals surface area contributed by atoms with E-state index in [9.17, 15) is 9.59 Å². The molecule has 0 bridgehead atoms. The molecule has 1 saturated carbocycles. The van der Waals surface area contributed by atoms with Gasteiger partial charge in [0.2, 0.25) is 11.8 Å². The van der Waals surface area contributed by atoms with Gasteiger partial charge in [-0.05, 0) is 38.0 Å². The highest BCUT2D eigenvalue weighted by molar-refractivity contribution is 5.97. The molecule has 1 heterocycles. The molecule has 0 aromatic carbocycles. The molecule has 2 aliphatic rings. The molecule has 1 aliphatic carbocycles. The van der Waals surface area contributed by atoms with Gasteiger partial charge in [-0.1, -0.05) is 27.2 Å². The van der Waals surface area contributed by atoms with Gasteiger partial charge in [-0.15, -0.1) is 0 Å². The number of piperazine rings is 1. The summed E-state index contributed by atoms with van der Waals surface area (Å²) >= 11 is 0. The van der Waals surface area contributed by atoms with Gasteiger partial charge in [0.05, 0.1) is 0 Å². The van der Waals surface area contributed by atoms with Crippen LogP contribution < -0.4 is 5.32 Å². The molecule has 0 spiro atoms. The van der Waals surface area contributed by atoms with Crippen molar-refractivity contribution in [3.63, 3.8) is 0 Å². The van der Waals surface area contributed by atoms with Crippen LogP contribution in [0.2, 0.25) is 0 Å². The zero-order valence-corrected chi connectivity index (χ0v) is 12.5. The van der Waals surface area contributed by atoms with Crippen molar-refractivity contribution >= 4 is 11.8 Å². The maximum atomic E-state index is 12.7. The van der Waals surface area contributed by atoms with Crippen molar-refractivity contribution in [2.75, 3.05) is 0 Å². The summed E-state index contributed by atoms with van der Waals surface area (Å²) in [6.45, 7) is 8.18. The maximum absolute atomic E-state index is 12.7. The Balaban J connectivity index is 2.23. The number of hydrogen-bond acceptors (Lipinski definition) is 2. The number of carbonyl (C=O) groups is 2. The maximum Gasteiger partial charge on any atom is 0.246 e. The van der Waals surface area contributed by atoms with Crippen LogP contribution in [0.25, 0.3) is 0 Å². The number of hydrogen-bond donors (Lipinski definition) is 1. The molecular weight excluding hydrogens is 240 g/mol. The van der Waals surface area contributed by atoms with Crippen LogP contribution in [0.15, 0.2) is 0 Å². The summed E-state index contributed by atoms with van der Waals surface area (Å²) in [4.78, 5) is 26.9. The largest absolute Gasteiger partial charge is 0.342 e. The van der Waals surface area contributed by atoms with Crippen molar-refractivity contribution < 1.29 is 9.59 Å². The van der Waals surface area contributed by atoms with Gasteiger partial charge < -0.3 is 10.2 Å². The first-order chi connectivity index (χ1) is 8.97. The molecule has 4 heteroatoms. The van der Waals surface area contributed by atoms with E-state index in [-0.39, 0.29) is 35.9 Å². The molecule has 4 nitrogen and oxygen atoms in total. The van der Waals surface area contributed by atoms with Crippen LogP contribution in [-0.2, 0) is 9.59 Å². The van der Waals surface area contributed by atoms with E-state index in [1.54, 1.807) is 0 Å². The van der Waals surface area contributed by atoms with Crippen molar-refractivity contribution in [3.8, 4) is 0 Å². The second kappa shape index (κ2) is 5.51. The highest BCUT2D eigenvalue weighted by Crippen LogP contribution is 2.37. The summed E-state index contributed by atoms with van der Waals surface area (Å²) in [6, 6.07) is -0.407. The Morgan fingerprint density at radius 3 is 2.37 bits per heavy atom. The monoisotopic (exact) mass is 266 g/mol. The molecule has 3 unspecified atom stereocenters. The molecule has 1 N–H and O–H groups in total. The fraction of sp³-hybridized carbons (Fsp3) is 0.867. The summed E-state index contributed by atoms with van der Waals surface area (Å²) in [5, 5.41) is 2.91. The molecule has 1 saturated heterocycles. The molecule has 2 amide bonds. The van der Waals surface area contributed by atoms with E-state index in [0.717, 1.165) is 12.8 Å². The van der Waals surface area contributed by atoms with E-state index in [1.807, 2.05) is 25.7 Å². The first-order valence-corrected chi connectivity index (χ1v) is 7.59. The lowest BCUT2D eigenvalue weighted by molar-refractivity contribution is -0.154. The SMILES string of the molecule is CCCC1NC(=O)C(C(C)C)N(C(C)C2CC2)C1=O. The summed E-state index contributed by atoms with van der Waals surface area (Å²) in [6.07, 6.45) is 4.03. The fourth-order valence-corrected chi connectivity index (χ4v) is 3.13. The van der Waals surface area contributed by atoms with E-state index in [4.69, 9.17) is 0 Å². The Labute approximate surface area is 115 Å². The van der Waals surface area contributed by atoms with Crippen LogP contribution in [0.3, 0.4) is 0 Å². The van der Waals surface area contributed by atoms with E-state index < -0.39 is 0 Å². The topological polar surface area (TPSA) is 49.4 Å². The van der Waals surface area contributed by atoms with Crippen molar-refractivity contribution in [2.45, 2.75) is 71.5 Å². The second-order valence-electron chi connectivity index (χ2n) is 6.36. The van der Waals surface area contributed by atoms with Crippen LogP contribution in [0.1, 0.15) is 53.4 Å². The van der Waals surface area contributed by atoms with E-state index in [2.05, 4.69) is 12.2 Å². The highest BCUT2D eigenvalue weighted by Gasteiger charge is 2.46. The van der Waals surface area contributed by atoms with Gasteiger partial charge in [-0.3, -0.25) is 9.59 Å². The number of amides is 2. The van der Waals surface area contributed by atoms with Crippen LogP contribution >= 0.6 is 0 Å². The lowest BCUT2D eigenvalue weighted by atomic mass is 9.93. The molecule has 3 atom stereocenters. The third-order valence-corrected chi connectivity index (χ3v) is 4.39. The smallest absolute Gasteiger partial charge is 0.246 e. The number of nitrogens with zero attached hydrogens (tertiary/aromatic N) is 1. The summed E-state index contributed by atoms with van der Waals surface area (Å²) in [5.41, 5.74) is 0. The molecule has 1 aliphatic heterocycles. The van der Waals surface area contributed by atoms with Gasteiger partial charge in [-0.25, -0.2) is 0 Å². The number of rotatable bonds is 5. The van der Waals surface area contributed by atoms with Gasteiger partial charge in [0.25, 0.3) is 0 Å². The first-order valence-electron chi connectivity index (χ1n) is 7.59. The Hall–Kier alpha value is -1.06. The molecule has 2 rings (SSSR count). The predicted molar refractivity (Wildman–Crippen MR) is 74.5 cm³/mol. The van der Waals surface area contributed by atoms with Crippen LogP contribution in [0.5, 0.6) is 0 Å². The Morgan fingerprint density at radius 1 is 1.26 bits per heavy atom. The lowest BCUT2D eigenvalue weighted by Gasteiger charge is -2.44. The van der Waals surface area contributed by atoms with Crippen molar-refractivity contribution in [3.05, 3.63) is 0 Å². The zero-order chi connectivity index (χ0) is 14.2. The van der Waals surface area contributed by atoms with Crippen LogP contribution in [0.4, 0.5) is 0 Å². The van der Waals surface area contributed by atoms with Crippen molar-refractivity contribution in [2.24, 2.45) is 11.8 Å². The molecular formula is C15H26N2O2. The molecule has 2 fully saturated rings. The molecule has 0 aromatic heterocycles. The zero-order valence-electron chi connectivity index (χ0n) is 12.5. The summed E-state index contributed by atoms with van der Waals surface area (Å²) < 4.78 is 0. The second-order valence-corrected chi connectivity index (χ2v) is 6.36. The Morgan fingerprint density at radius 2 is 1.89 bits per heavy atom. The predicted octanol–water partition coefficient (Wildman–Crippen LogP) is 1.94. The van der Waals surface area contributed by atoms with E-state index >= 15 is 0 Å². The third-order valence-electron chi connectivity index (χ3n) is 4.39. The minimum Gasteiger partial charge on any atom is -0.342 e. The molecule has 0 radical (unpaired) electrons. The number of nitrogens with one attached hydrogen (secondary N) is 1. The van der Waals surface area contributed by atoms with Gasteiger partial charge in [0.15, 0.2) is 0 Å². The lowest BCUT2D eigenvalue weighted by Crippen LogP contribution is -2.67. The minimum atomic E-state index is -0.311. The van der Waals surface area contributed by atoms with Crippen LogP contribution in [-0.4, -0.2) is 34.8 Å². The Kier molecular flexibility index (Phi) is 4.16. The minimum absolute atomic E-state index is 0.0283.